The van der Waals surface area contributed by atoms with E-state index in [1.807, 2.05) is 82.3 Å². The van der Waals surface area contributed by atoms with Gasteiger partial charge in [0.05, 0.1) is 5.56 Å². The Morgan fingerprint density at radius 3 is 2.16 bits per heavy atom. The molecule has 0 saturated carbocycles. The molecular formula is C26H31N3O3. The van der Waals surface area contributed by atoms with Crippen LogP contribution in [0.15, 0.2) is 60.8 Å². The van der Waals surface area contributed by atoms with Crippen LogP contribution in [-0.4, -0.2) is 51.1 Å². The summed E-state index contributed by atoms with van der Waals surface area (Å²) in [5.41, 5.74) is 2.06. The summed E-state index contributed by atoms with van der Waals surface area (Å²) < 4.78 is 1.77. The second kappa shape index (κ2) is 10.3. The van der Waals surface area contributed by atoms with Crippen molar-refractivity contribution in [2.45, 2.75) is 46.8 Å². The number of hydrogen-bond acceptors (Lipinski definition) is 3. The molecule has 32 heavy (non-hydrogen) atoms. The maximum Gasteiger partial charge on any atom is 0.295 e. The van der Waals surface area contributed by atoms with Crippen LogP contribution < -0.4 is 0 Å². The quantitative estimate of drug-likeness (QED) is 0.377. The largest absolute Gasteiger partial charge is 0.342 e. The lowest BCUT2D eigenvalue weighted by atomic mass is 10.1. The summed E-state index contributed by atoms with van der Waals surface area (Å²) in [4.78, 5) is 42.6. The average Bonchev–Trinajstić information content (AvgIpc) is 3.16. The van der Waals surface area contributed by atoms with Gasteiger partial charge >= 0.3 is 0 Å². The molecule has 0 aliphatic heterocycles. The fourth-order valence-electron chi connectivity index (χ4n) is 3.90. The van der Waals surface area contributed by atoms with Crippen LogP contribution in [0.2, 0.25) is 0 Å². The molecule has 0 aliphatic carbocycles. The lowest BCUT2D eigenvalue weighted by Crippen LogP contribution is -2.40. The van der Waals surface area contributed by atoms with Crippen molar-refractivity contribution in [1.29, 1.82) is 0 Å². The summed E-state index contributed by atoms with van der Waals surface area (Å²) in [6.07, 6.45) is 1.65. The number of amides is 2. The number of Topliss-reactive ketones (excluding diaryl/α,β-unsaturated/α-hetero) is 1. The SMILES string of the molecule is CCN(CC)C(=O)Cn1cc(C(=O)C(=O)N(Cc2ccccc2)C(C)C)c2ccccc21. The molecule has 3 rings (SSSR count). The molecule has 0 unspecified atom stereocenters. The molecule has 0 saturated heterocycles. The standard InChI is InChI=1S/C26H31N3O3/c1-5-27(6-2)24(30)18-28-17-22(21-14-10-11-15-23(21)28)25(31)26(32)29(19(3)4)16-20-12-8-7-9-13-20/h7-15,17,19H,5-6,16,18H2,1-4H3. The zero-order chi connectivity index (χ0) is 23.3. The molecule has 2 aromatic carbocycles. The van der Waals surface area contributed by atoms with E-state index in [2.05, 4.69) is 0 Å². The van der Waals surface area contributed by atoms with Gasteiger partial charge in [-0.15, -0.1) is 0 Å². The fourth-order valence-corrected chi connectivity index (χ4v) is 3.90. The molecule has 0 spiro atoms. The van der Waals surface area contributed by atoms with E-state index in [4.69, 9.17) is 0 Å². The smallest absolute Gasteiger partial charge is 0.295 e. The van der Waals surface area contributed by atoms with Gasteiger partial charge in [0.1, 0.15) is 6.54 Å². The Kier molecular flexibility index (Phi) is 7.46. The summed E-state index contributed by atoms with van der Waals surface area (Å²) in [7, 11) is 0. The van der Waals surface area contributed by atoms with Crippen LogP contribution in [0.25, 0.3) is 10.9 Å². The zero-order valence-electron chi connectivity index (χ0n) is 19.2. The highest BCUT2D eigenvalue weighted by Gasteiger charge is 2.28. The highest BCUT2D eigenvalue weighted by atomic mass is 16.2. The molecule has 0 aliphatic rings. The van der Waals surface area contributed by atoms with Gasteiger partial charge in [0.25, 0.3) is 11.7 Å². The monoisotopic (exact) mass is 433 g/mol. The van der Waals surface area contributed by atoms with Crippen molar-refractivity contribution in [3.63, 3.8) is 0 Å². The number of fused-ring (bicyclic) bond motifs is 1. The lowest BCUT2D eigenvalue weighted by Gasteiger charge is -2.26. The van der Waals surface area contributed by atoms with Crippen molar-refractivity contribution in [2.24, 2.45) is 0 Å². The second-order valence-electron chi connectivity index (χ2n) is 8.10. The van der Waals surface area contributed by atoms with E-state index in [-0.39, 0.29) is 18.5 Å². The van der Waals surface area contributed by atoms with Gasteiger partial charge in [-0.2, -0.15) is 0 Å². The second-order valence-corrected chi connectivity index (χ2v) is 8.10. The van der Waals surface area contributed by atoms with Gasteiger partial charge in [0, 0.05) is 42.8 Å². The molecule has 168 valence electrons. The van der Waals surface area contributed by atoms with Gasteiger partial charge in [0.15, 0.2) is 0 Å². The van der Waals surface area contributed by atoms with Crippen LogP contribution in [0.4, 0.5) is 0 Å². The number of para-hydroxylation sites is 1. The Bertz CT molecular complexity index is 1100. The molecule has 0 fully saturated rings. The van der Waals surface area contributed by atoms with Gasteiger partial charge < -0.3 is 14.4 Å². The summed E-state index contributed by atoms with van der Waals surface area (Å²) >= 11 is 0. The minimum atomic E-state index is -0.556. The molecule has 1 aromatic heterocycles. The lowest BCUT2D eigenvalue weighted by molar-refractivity contribution is -0.131. The Hall–Kier alpha value is -3.41. The molecule has 0 radical (unpaired) electrons. The van der Waals surface area contributed by atoms with Crippen molar-refractivity contribution in [1.82, 2.24) is 14.4 Å². The normalized spacial score (nSPS) is 11.0. The topological polar surface area (TPSA) is 62.6 Å². The van der Waals surface area contributed by atoms with E-state index in [0.29, 0.717) is 30.6 Å². The third-order valence-electron chi connectivity index (χ3n) is 5.73. The predicted molar refractivity (Wildman–Crippen MR) is 126 cm³/mol. The van der Waals surface area contributed by atoms with E-state index < -0.39 is 11.7 Å². The van der Waals surface area contributed by atoms with Crippen molar-refractivity contribution in [3.05, 3.63) is 71.9 Å². The number of aromatic nitrogens is 1. The molecular weight excluding hydrogens is 402 g/mol. The van der Waals surface area contributed by atoms with Gasteiger partial charge in [-0.1, -0.05) is 48.5 Å². The van der Waals surface area contributed by atoms with E-state index in [9.17, 15) is 14.4 Å². The number of ketones is 1. The molecule has 6 nitrogen and oxygen atoms in total. The van der Waals surface area contributed by atoms with Crippen LogP contribution in [0, 0.1) is 0 Å². The van der Waals surface area contributed by atoms with E-state index in [1.165, 1.54) is 0 Å². The van der Waals surface area contributed by atoms with Gasteiger partial charge in [-0.25, -0.2) is 0 Å². The van der Waals surface area contributed by atoms with Crippen molar-refractivity contribution in [2.75, 3.05) is 13.1 Å². The zero-order valence-corrected chi connectivity index (χ0v) is 19.2. The van der Waals surface area contributed by atoms with Crippen LogP contribution in [0.3, 0.4) is 0 Å². The number of likely N-dealkylation sites (N-methyl/N-ethyl adjacent to an activating group) is 1. The minimum absolute atomic E-state index is 0.0195. The summed E-state index contributed by atoms with van der Waals surface area (Å²) in [6.45, 7) is 9.43. The molecule has 2 amide bonds. The molecule has 3 aromatic rings. The number of carbonyl (C=O) groups excluding carboxylic acids is 3. The maximum absolute atomic E-state index is 13.3. The number of nitrogens with zero attached hydrogens (tertiary/aromatic N) is 3. The third kappa shape index (κ3) is 4.90. The fraction of sp³-hybridized carbons (Fsp3) is 0.346. The maximum atomic E-state index is 13.3. The van der Waals surface area contributed by atoms with E-state index >= 15 is 0 Å². The highest BCUT2D eigenvalue weighted by molar-refractivity contribution is 6.44. The van der Waals surface area contributed by atoms with Crippen LogP contribution >= 0.6 is 0 Å². The molecule has 0 bridgehead atoms. The Morgan fingerprint density at radius 2 is 1.53 bits per heavy atom. The van der Waals surface area contributed by atoms with Crippen molar-refractivity contribution < 1.29 is 14.4 Å². The summed E-state index contributed by atoms with van der Waals surface area (Å²) in [6, 6.07) is 16.9. The van der Waals surface area contributed by atoms with Gasteiger partial charge in [0.2, 0.25) is 5.91 Å². The Labute approximate surface area is 189 Å². The van der Waals surface area contributed by atoms with Crippen molar-refractivity contribution in [3.8, 4) is 0 Å². The number of carbonyl (C=O) groups is 3. The first-order valence-electron chi connectivity index (χ1n) is 11.1. The van der Waals surface area contributed by atoms with E-state index in [1.54, 1.807) is 20.6 Å². The predicted octanol–water partition coefficient (Wildman–Crippen LogP) is 4.13. The Morgan fingerprint density at radius 1 is 0.906 bits per heavy atom. The number of hydrogen-bond donors (Lipinski definition) is 0. The molecule has 1 heterocycles. The van der Waals surface area contributed by atoms with Crippen molar-refractivity contribution >= 4 is 28.5 Å². The van der Waals surface area contributed by atoms with Crippen LogP contribution in [-0.2, 0) is 22.7 Å². The summed E-state index contributed by atoms with van der Waals surface area (Å²) in [5, 5.41) is 0.682. The highest BCUT2D eigenvalue weighted by Crippen LogP contribution is 2.23. The number of benzene rings is 2. The summed E-state index contributed by atoms with van der Waals surface area (Å²) in [5.74, 6) is -1.12. The molecule has 0 N–H and O–H groups in total. The van der Waals surface area contributed by atoms with Crippen LogP contribution in [0.1, 0.15) is 43.6 Å². The van der Waals surface area contributed by atoms with Crippen LogP contribution in [0.5, 0.6) is 0 Å². The first-order chi connectivity index (χ1) is 15.4. The molecule has 6 heteroatoms. The van der Waals surface area contributed by atoms with E-state index in [0.717, 1.165) is 11.1 Å². The average molecular weight is 434 g/mol. The minimum Gasteiger partial charge on any atom is -0.342 e. The first-order valence-corrected chi connectivity index (χ1v) is 11.1. The Balaban J connectivity index is 1.93. The third-order valence-corrected chi connectivity index (χ3v) is 5.73. The first kappa shape index (κ1) is 23.3. The van der Waals surface area contributed by atoms with Gasteiger partial charge in [-0.3, -0.25) is 14.4 Å². The van der Waals surface area contributed by atoms with Gasteiger partial charge in [-0.05, 0) is 39.3 Å². The molecule has 0 atom stereocenters. The number of rotatable bonds is 9.